The highest BCUT2D eigenvalue weighted by atomic mass is 32.2. The molecule has 0 atom stereocenters. The Kier molecular flexibility index (Phi) is 5.26. The maximum absolute atomic E-state index is 5.76. The van der Waals surface area contributed by atoms with E-state index in [1.54, 1.807) is 18.4 Å². The fourth-order valence-electron chi connectivity index (χ4n) is 2.48. The highest BCUT2D eigenvalue weighted by molar-refractivity contribution is 7.98. The SMILES string of the molecule is COc1ccc(Cc2nnc(SCc3nc(-c4cccs4)oc3C)o2)cc1. The standard InChI is InChI=1S/C19H17N3O3S2/c1-12-15(20-18(24-12)16-4-3-9-26-16)11-27-19-22-21-17(25-19)10-13-5-7-14(23-2)8-6-13/h3-9H,10-11H2,1-2H3. The predicted octanol–water partition coefficient (Wildman–Crippen LogP) is 4.99. The molecule has 0 amide bonds. The topological polar surface area (TPSA) is 74.2 Å². The third kappa shape index (κ3) is 4.23. The number of benzene rings is 1. The average molecular weight is 399 g/mol. The van der Waals surface area contributed by atoms with Crippen LogP contribution in [-0.4, -0.2) is 22.3 Å². The first kappa shape index (κ1) is 17.8. The Morgan fingerprint density at radius 1 is 1.11 bits per heavy atom. The van der Waals surface area contributed by atoms with Gasteiger partial charge in [0, 0.05) is 5.75 Å². The van der Waals surface area contributed by atoms with Crippen LogP contribution in [0.3, 0.4) is 0 Å². The van der Waals surface area contributed by atoms with Crippen molar-refractivity contribution in [3.63, 3.8) is 0 Å². The van der Waals surface area contributed by atoms with Crippen molar-refractivity contribution in [2.24, 2.45) is 0 Å². The summed E-state index contributed by atoms with van der Waals surface area (Å²) < 4.78 is 16.7. The van der Waals surface area contributed by atoms with E-state index in [1.807, 2.05) is 48.7 Å². The molecule has 0 aliphatic rings. The van der Waals surface area contributed by atoms with E-state index in [9.17, 15) is 0 Å². The van der Waals surface area contributed by atoms with Gasteiger partial charge >= 0.3 is 0 Å². The van der Waals surface area contributed by atoms with Gasteiger partial charge in [0.25, 0.3) is 5.22 Å². The van der Waals surface area contributed by atoms with Crippen LogP contribution in [0.2, 0.25) is 0 Å². The fraction of sp³-hybridized carbons (Fsp3) is 0.211. The second-order valence-corrected chi connectivity index (χ2v) is 7.65. The Morgan fingerprint density at radius 3 is 2.70 bits per heavy atom. The van der Waals surface area contributed by atoms with Gasteiger partial charge < -0.3 is 13.6 Å². The summed E-state index contributed by atoms with van der Waals surface area (Å²) in [5, 5.41) is 10.8. The monoisotopic (exact) mass is 399 g/mol. The molecular weight excluding hydrogens is 382 g/mol. The van der Waals surface area contributed by atoms with Crippen molar-refractivity contribution in [2.45, 2.75) is 24.3 Å². The maximum atomic E-state index is 5.76. The third-order valence-corrected chi connectivity index (χ3v) is 5.61. The van der Waals surface area contributed by atoms with Crippen molar-refractivity contribution < 1.29 is 13.6 Å². The smallest absolute Gasteiger partial charge is 0.276 e. The lowest BCUT2D eigenvalue weighted by molar-refractivity contribution is 0.413. The summed E-state index contributed by atoms with van der Waals surface area (Å²) in [5.74, 6) is 3.49. The molecule has 0 bridgehead atoms. The molecule has 0 aliphatic heterocycles. The van der Waals surface area contributed by atoms with Crippen LogP contribution in [0, 0.1) is 6.92 Å². The number of nitrogens with zero attached hydrogens (tertiary/aromatic N) is 3. The van der Waals surface area contributed by atoms with Crippen molar-refractivity contribution in [1.82, 2.24) is 15.2 Å². The number of oxazole rings is 1. The molecule has 0 unspecified atom stereocenters. The van der Waals surface area contributed by atoms with Crippen molar-refractivity contribution in [3.8, 4) is 16.5 Å². The quantitative estimate of drug-likeness (QED) is 0.405. The lowest BCUT2D eigenvalue weighted by Gasteiger charge is -2.00. The molecule has 0 aliphatic carbocycles. The van der Waals surface area contributed by atoms with E-state index in [-0.39, 0.29) is 0 Å². The van der Waals surface area contributed by atoms with Gasteiger partial charge in [-0.1, -0.05) is 30.0 Å². The van der Waals surface area contributed by atoms with Crippen molar-refractivity contribution >= 4 is 23.1 Å². The number of rotatable bonds is 7. The molecular formula is C19H17N3O3S2. The maximum Gasteiger partial charge on any atom is 0.276 e. The van der Waals surface area contributed by atoms with Crippen LogP contribution < -0.4 is 4.74 Å². The number of hydrogen-bond acceptors (Lipinski definition) is 8. The van der Waals surface area contributed by atoms with Crippen LogP contribution in [0.25, 0.3) is 10.8 Å². The first-order valence-electron chi connectivity index (χ1n) is 8.29. The van der Waals surface area contributed by atoms with E-state index >= 15 is 0 Å². The van der Waals surface area contributed by atoms with E-state index in [0.717, 1.165) is 27.6 Å². The van der Waals surface area contributed by atoms with Gasteiger partial charge in [0.05, 0.1) is 24.1 Å². The second-order valence-electron chi connectivity index (χ2n) is 5.77. The van der Waals surface area contributed by atoms with Crippen LogP contribution in [0.5, 0.6) is 5.75 Å². The molecule has 27 heavy (non-hydrogen) atoms. The first-order chi connectivity index (χ1) is 13.2. The first-order valence-corrected chi connectivity index (χ1v) is 10.2. The van der Waals surface area contributed by atoms with E-state index in [2.05, 4.69) is 15.2 Å². The van der Waals surface area contributed by atoms with E-state index in [0.29, 0.717) is 29.2 Å². The number of aromatic nitrogens is 3. The third-order valence-electron chi connectivity index (χ3n) is 3.92. The molecule has 0 N–H and O–H groups in total. The minimum Gasteiger partial charge on any atom is -0.497 e. The average Bonchev–Trinajstić information content (AvgIpc) is 3.42. The number of methoxy groups -OCH3 is 1. The summed E-state index contributed by atoms with van der Waals surface area (Å²) in [6.45, 7) is 1.92. The molecule has 0 radical (unpaired) electrons. The molecule has 0 saturated carbocycles. The molecule has 4 rings (SSSR count). The molecule has 0 saturated heterocycles. The largest absolute Gasteiger partial charge is 0.497 e. The summed E-state index contributed by atoms with van der Waals surface area (Å²) in [4.78, 5) is 5.60. The Balaban J connectivity index is 1.38. The molecule has 8 heteroatoms. The predicted molar refractivity (Wildman–Crippen MR) is 104 cm³/mol. The normalized spacial score (nSPS) is 11.0. The number of aryl methyl sites for hydroxylation is 1. The minimum atomic E-state index is 0.526. The van der Waals surface area contributed by atoms with Gasteiger partial charge in [-0.25, -0.2) is 4.98 Å². The van der Waals surface area contributed by atoms with Crippen LogP contribution in [-0.2, 0) is 12.2 Å². The molecule has 1 aromatic carbocycles. The Bertz CT molecular complexity index is 1010. The second kappa shape index (κ2) is 7.98. The van der Waals surface area contributed by atoms with E-state index in [4.69, 9.17) is 13.6 Å². The zero-order valence-electron chi connectivity index (χ0n) is 14.8. The summed E-state index contributed by atoms with van der Waals surface area (Å²) in [6.07, 6.45) is 0.586. The minimum absolute atomic E-state index is 0.526. The fourth-order valence-corrected chi connectivity index (χ4v) is 3.91. The number of thioether (sulfide) groups is 1. The molecule has 0 fully saturated rings. The molecule has 3 aromatic heterocycles. The van der Waals surface area contributed by atoms with Gasteiger partial charge in [-0.15, -0.1) is 21.5 Å². The zero-order chi connectivity index (χ0) is 18.6. The van der Waals surface area contributed by atoms with E-state index < -0.39 is 0 Å². The number of hydrogen-bond donors (Lipinski definition) is 0. The summed E-state index contributed by atoms with van der Waals surface area (Å²) in [5.41, 5.74) is 1.97. The molecule has 0 spiro atoms. The van der Waals surface area contributed by atoms with Gasteiger partial charge in [0.15, 0.2) is 0 Å². The Morgan fingerprint density at radius 2 is 1.96 bits per heavy atom. The van der Waals surface area contributed by atoms with Crippen LogP contribution in [0.15, 0.2) is 55.8 Å². The van der Waals surface area contributed by atoms with Crippen molar-refractivity contribution in [3.05, 3.63) is 64.7 Å². The van der Waals surface area contributed by atoms with E-state index in [1.165, 1.54) is 11.8 Å². The Labute approximate surface area is 164 Å². The van der Waals surface area contributed by atoms with Gasteiger partial charge in [-0.2, -0.15) is 0 Å². The van der Waals surface area contributed by atoms with Crippen molar-refractivity contribution in [2.75, 3.05) is 7.11 Å². The summed E-state index contributed by atoms with van der Waals surface area (Å²) >= 11 is 3.06. The number of thiophene rings is 1. The number of ether oxygens (including phenoxy) is 1. The van der Waals surface area contributed by atoms with Gasteiger partial charge in [-0.05, 0) is 36.1 Å². The highest BCUT2D eigenvalue weighted by Crippen LogP contribution is 2.29. The summed E-state index contributed by atoms with van der Waals surface area (Å²) in [6, 6.07) is 11.8. The Hall–Kier alpha value is -2.58. The molecule has 3 heterocycles. The lowest BCUT2D eigenvalue weighted by atomic mass is 10.1. The van der Waals surface area contributed by atoms with Crippen LogP contribution in [0.1, 0.15) is 22.9 Å². The molecule has 6 nitrogen and oxygen atoms in total. The lowest BCUT2D eigenvalue weighted by Crippen LogP contribution is -1.89. The van der Waals surface area contributed by atoms with Crippen LogP contribution in [0.4, 0.5) is 0 Å². The van der Waals surface area contributed by atoms with Gasteiger partial charge in [-0.3, -0.25) is 0 Å². The highest BCUT2D eigenvalue weighted by Gasteiger charge is 2.14. The van der Waals surface area contributed by atoms with Gasteiger partial charge in [0.2, 0.25) is 11.8 Å². The summed E-state index contributed by atoms with van der Waals surface area (Å²) in [7, 11) is 1.65. The zero-order valence-corrected chi connectivity index (χ0v) is 16.5. The molecule has 4 aromatic rings. The molecule has 138 valence electrons. The van der Waals surface area contributed by atoms with Crippen molar-refractivity contribution in [1.29, 1.82) is 0 Å². The van der Waals surface area contributed by atoms with Crippen LogP contribution >= 0.6 is 23.1 Å². The van der Waals surface area contributed by atoms with Gasteiger partial charge in [0.1, 0.15) is 11.5 Å².